The van der Waals surface area contributed by atoms with Crippen LogP contribution in [0.4, 0.5) is 0 Å². The van der Waals surface area contributed by atoms with Crippen LogP contribution in [0.15, 0.2) is 0 Å². The molecule has 5 nitrogen and oxygen atoms in total. The minimum atomic E-state index is -4.57. The molecule has 0 fully saturated rings. The molecule has 0 aliphatic heterocycles. The van der Waals surface area contributed by atoms with Gasteiger partial charge in [-0.3, -0.25) is 4.18 Å². The summed E-state index contributed by atoms with van der Waals surface area (Å²) in [5.74, 6) is 0. The van der Waals surface area contributed by atoms with Crippen molar-refractivity contribution >= 4 is 27.8 Å². The maximum Gasteiger partial charge on any atom is 3.00 e. The number of rotatable bonds is 15. The number of hydrogen-bond acceptors (Lipinski definition) is 5. The third-order valence-electron chi connectivity index (χ3n) is 3.10. The molecule has 7 heteroatoms. The maximum absolute atomic E-state index is 10.1. The van der Waals surface area contributed by atoms with Crippen molar-refractivity contribution in [2.24, 2.45) is 0 Å². The third kappa shape index (κ3) is 22.8. The van der Waals surface area contributed by atoms with Gasteiger partial charge in [-0.25, -0.2) is 8.42 Å². The molecule has 0 bridgehead atoms. The van der Waals surface area contributed by atoms with E-state index in [1.165, 1.54) is 51.4 Å². The van der Waals surface area contributed by atoms with Gasteiger partial charge in [0.2, 0.25) is 10.4 Å². The van der Waals surface area contributed by atoms with Gasteiger partial charge >= 0.3 is 17.4 Å². The first-order valence-corrected chi connectivity index (χ1v) is 9.07. The van der Waals surface area contributed by atoms with Crippen LogP contribution < -0.4 is 0 Å². The molecular formula is C14H29AlO5S+2. The second-order valence-corrected chi connectivity index (χ2v) is 6.08. The Balaban J connectivity index is 0. The van der Waals surface area contributed by atoms with Crippen molar-refractivity contribution in [3.05, 3.63) is 0 Å². The summed E-state index contributed by atoms with van der Waals surface area (Å²) in [6.45, 7) is 2.79. The Morgan fingerprint density at radius 1 is 0.762 bits per heavy atom. The van der Waals surface area contributed by atoms with Crippen molar-refractivity contribution in [2.75, 3.05) is 19.8 Å². The van der Waals surface area contributed by atoms with Crippen LogP contribution >= 0.6 is 0 Å². The van der Waals surface area contributed by atoms with Crippen LogP contribution in [-0.4, -0.2) is 50.2 Å². The molecule has 0 aliphatic rings. The summed E-state index contributed by atoms with van der Waals surface area (Å²) in [5.41, 5.74) is 0. The van der Waals surface area contributed by atoms with Gasteiger partial charge in [-0.15, -0.1) is 0 Å². The number of unbranched alkanes of at least 4 members (excludes halogenated alkanes) is 9. The van der Waals surface area contributed by atoms with Crippen molar-refractivity contribution in [1.29, 1.82) is 0 Å². The van der Waals surface area contributed by atoms with Crippen LogP contribution in [0.2, 0.25) is 0 Å². The molecule has 0 atom stereocenters. The van der Waals surface area contributed by atoms with Gasteiger partial charge in [0.05, 0.1) is 13.2 Å². The van der Waals surface area contributed by atoms with Crippen molar-refractivity contribution in [3.8, 4) is 0 Å². The zero-order valence-electron chi connectivity index (χ0n) is 13.2. The summed E-state index contributed by atoms with van der Waals surface area (Å²) in [7, 11) is -4.57. The molecular weight excluding hydrogens is 307 g/mol. The second-order valence-electron chi connectivity index (χ2n) is 5.02. The topological polar surface area (TPSA) is 75.7 Å². The van der Waals surface area contributed by atoms with Gasteiger partial charge in [0.15, 0.2) is 0 Å². The molecule has 122 valence electrons. The minimum absolute atomic E-state index is 0. The smallest absolute Gasteiger partial charge is 0.726 e. The molecule has 0 aliphatic carbocycles. The number of ether oxygens (including phenoxy) is 1. The Labute approximate surface area is 140 Å². The zero-order valence-corrected chi connectivity index (χ0v) is 15.2. The average molecular weight is 336 g/mol. The van der Waals surface area contributed by atoms with Crippen LogP contribution in [0, 0.1) is 0 Å². The monoisotopic (exact) mass is 336 g/mol. The van der Waals surface area contributed by atoms with Crippen LogP contribution in [0.5, 0.6) is 0 Å². The summed E-state index contributed by atoms with van der Waals surface area (Å²) in [6.07, 6.45) is 12.7. The summed E-state index contributed by atoms with van der Waals surface area (Å²) in [5, 5.41) is 0. The van der Waals surface area contributed by atoms with E-state index >= 15 is 0 Å². The fraction of sp³-hybridized carbons (Fsp3) is 1.00. The van der Waals surface area contributed by atoms with E-state index in [0.29, 0.717) is 6.61 Å². The largest absolute Gasteiger partial charge is 3.00 e. The molecule has 0 heterocycles. The molecule has 0 aromatic carbocycles. The van der Waals surface area contributed by atoms with Gasteiger partial charge < -0.3 is 9.29 Å². The van der Waals surface area contributed by atoms with Gasteiger partial charge in [-0.1, -0.05) is 64.7 Å². The van der Waals surface area contributed by atoms with E-state index in [9.17, 15) is 13.0 Å². The van der Waals surface area contributed by atoms with Gasteiger partial charge in [-0.2, -0.15) is 0 Å². The summed E-state index contributed by atoms with van der Waals surface area (Å²) >= 11 is 0. The van der Waals surface area contributed by atoms with Crippen molar-refractivity contribution < 1.29 is 21.9 Å². The van der Waals surface area contributed by atoms with Gasteiger partial charge in [0.25, 0.3) is 0 Å². The first-order valence-electron chi connectivity index (χ1n) is 7.74. The molecule has 0 saturated heterocycles. The van der Waals surface area contributed by atoms with E-state index in [1.54, 1.807) is 0 Å². The van der Waals surface area contributed by atoms with E-state index < -0.39 is 10.4 Å². The third-order valence-corrected chi connectivity index (χ3v) is 3.55. The minimum Gasteiger partial charge on any atom is -0.726 e. The van der Waals surface area contributed by atoms with Crippen LogP contribution in [0.1, 0.15) is 71.1 Å². The molecule has 0 aromatic rings. The Morgan fingerprint density at radius 2 is 1.24 bits per heavy atom. The van der Waals surface area contributed by atoms with Gasteiger partial charge in [-0.05, 0) is 6.42 Å². The first-order chi connectivity index (χ1) is 9.56. The van der Waals surface area contributed by atoms with Gasteiger partial charge in [0, 0.05) is 6.61 Å². The first kappa shape index (κ1) is 23.6. The molecule has 0 saturated carbocycles. The van der Waals surface area contributed by atoms with Crippen LogP contribution in [-0.2, 0) is 19.3 Å². The van der Waals surface area contributed by atoms with Crippen LogP contribution in [0.3, 0.4) is 0 Å². The van der Waals surface area contributed by atoms with Crippen molar-refractivity contribution in [1.82, 2.24) is 0 Å². The molecule has 0 rings (SSSR count). The quantitative estimate of drug-likeness (QED) is 0.199. The second kappa shape index (κ2) is 16.7. The Bertz CT molecular complexity index is 296. The Morgan fingerprint density at radius 3 is 1.71 bits per heavy atom. The predicted octanol–water partition coefficient (Wildman–Crippen LogP) is 3.02. The molecule has 0 aromatic heterocycles. The Hall–Kier alpha value is 0.362. The fourth-order valence-electron chi connectivity index (χ4n) is 1.99. The van der Waals surface area contributed by atoms with Crippen molar-refractivity contribution in [3.63, 3.8) is 0 Å². The normalized spacial score (nSPS) is 11.3. The summed E-state index contributed by atoms with van der Waals surface area (Å²) in [6, 6.07) is 0. The molecule has 0 N–H and O–H groups in total. The maximum atomic E-state index is 10.1. The Kier molecular flexibility index (Phi) is 18.8. The standard InChI is InChI=1S/C14H30O5S.Al/c1-2-3-4-5-6-7-8-9-10-11-12-18-13-14-19-20(15,16)17;/h2-14H2,1H3,(H,15,16,17);/q;+3/p-1. The molecule has 0 spiro atoms. The zero-order chi connectivity index (χ0) is 15.1. The van der Waals surface area contributed by atoms with Crippen molar-refractivity contribution in [2.45, 2.75) is 71.1 Å². The molecule has 0 radical (unpaired) electrons. The van der Waals surface area contributed by atoms with E-state index in [2.05, 4.69) is 11.1 Å². The predicted molar refractivity (Wildman–Crippen MR) is 84.1 cm³/mol. The van der Waals surface area contributed by atoms with Gasteiger partial charge in [0.1, 0.15) is 0 Å². The molecule has 0 unspecified atom stereocenters. The van der Waals surface area contributed by atoms with E-state index in [-0.39, 0.29) is 30.6 Å². The van der Waals surface area contributed by atoms with E-state index in [1.807, 2.05) is 0 Å². The van der Waals surface area contributed by atoms with E-state index in [4.69, 9.17) is 4.74 Å². The molecule has 21 heavy (non-hydrogen) atoms. The van der Waals surface area contributed by atoms with E-state index in [0.717, 1.165) is 12.8 Å². The number of hydrogen-bond donors (Lipinski definition) is 0. The SMILES string of the molecule is CCCCCCCCCCCCOCCOS(=O)(=O)[O-].[Al+3]. The fourth-order valence-corrected chi connectivity index (χ4v) is 2.26. The molecule has 0 amide bonds. The summed E-state index contributed by atoms with van der Waals surface area (Å²) < 4.78 is 39.5. The van der Waals surface area contributed by atoms with Crippen LogP contribution in [0.25, 0.3) is 0 Å². The summed E-state index contributed by atoms with van der Waals surface area (Å²) in [4.78, 5) is 0. The average Bonchev–Trinajstić information content (AvgIpc) is 2.38.